The summed E-state index contributed by atoms with van der Waals surface area (Å²) in [5.74, 6) is 1.28. The summed E-state index contributed by atoms with van der Waals surface area (Å²) in [4.78, 5) is 14.8. The number of pyridine rings is 1. The molecule has 1 spiro atoms. The summed E-state index contributed by atoms with van der Waals surface area (Å²) < 4.78 is 12.5. The van der Waals surface area contributed by atoms with Gasteiger partial charge >= 0.3 is 0 Å². The smallest absolute Gasteiger partial charge is 0.157 e. The molecule has 0 radical (unpaired) electrons. The molecule has 2 atom stereocenters. The Kier molecular flexibility index (Phi) is 5.42. The first-order valence-electron chi connectivity index (χ1n) is 11.1. The van der Waals surface area contributed by atoms with E-state index in [9.17, 15) is 4.21 Å². The summed E-state index contributed by atoms with van der Waals surface area (Å²) in [5.41, 5.74) is 4.57. The number of nitrogens with zero attached hydrogens (tertiary/aromatic N) is 3. The van der Waals surface area contributed by atoms with Gasteiger partial charge in [0.25, 0.3) is 0 Å². The minimum absolute atomic E-state index is 0.173. The highest BCUT2D eigenvalue weighted by Gasteiger charge is 2.49. The molecule has 32 heavy (non-hydrogen) atoms. The van der Waals surface area contributed by atoms with Gasteiger partial charge in [-0.1, -0.05) is 36.5 Å². The van der Waals surface area contributed by atoms with Crippen molar-refractivity contribution in [1.82, 2.24) is 15.0 Å². The molecule has 0 amide bonds. The third kappa shape index (κ3) is 3.78. The Morgan fingerprint density at radius 1 is 1.25 bits per heavy atom. The summed E-state index contributed by atoms with van der Waals surface area (Å²) in [6.07, 6.45) is 5.89. The Morgan fingerprint density at radius 2 is 2.00 bits per heavy atom. The molecule has 1 aliphatic carbocycles. The van der Waals surface area contributed by atoms with Crippen molar-refractivity contribution in [3.63, 3.8) is 0 Å². The first kappa shape index (κ1) is 21.7. The van der Waals surface area contributed by atoms with Crippen LogP contribution in [0, 0.1) is 10.1 Å². The molecule has 8 heteroatoms. The first-order valence-corrected chi connectivity index (χ1v) is 12.7. The van der Waals surface area contributed by atoms with Gasteiger partial charge in [-0.2, -0.15) is 0 Å². The van der Waals surface area contributed by atoms with Gasteiger partial charge in [0.2, 0.25) is 0 Å². The lowest BCUT2D eigenvalue weighted by molar-refractivity contribution is 0.170. The van der Waals surface area contributed by atoms with Crippen molar-refractivity contribution >= 4 is 40.2 Å². The molecule has 168 valence electrons. The zero-order chi connectivity index (χ0) is 22.5. The maximum absolute atomic E-state index is 12.3. The van der Waals surface area contributed by atoms with Crippen LogP contribution in [0.1, 0.15) is 50.2 Å². The number of nitrogens with two attached hydrogens (primary N) is 1. The Labute approximate surface area is 196 Å². The molecule has 2 aromatic heterocycles. The van der Waals surface area contributed by atoms with Gasteiger partial charge in [0, 0.05) is 13.1 Å². The van der Waals surface area contributed by atoms with E-state index in [4.69, 9.17) is 22.3 Å². The van der Waals surface area contributed by atoms with E-state index in [1.165, 1.54) is 11.1 Å². The van der Waals surface area contributed by atoms with Crippen LogP contribution in [0.15, 0.2) is 42.6 Å². The van der Waals surface area contributed by atoms with Crippen molar-refractivity contribution in [3.05, 3.63) is 58.4 Å². The fraction of sp³-hybridized carbons (Fsp3) is 0.458. The van der Waals surface area contributed by atoms with E-state index in [1.807, 2.05) is 32.2 Å². The SMILES string of the molecule is CC(C)(C[C@@H]1c2ccccc2CC12CCN(c1cnc3[nH]c(=S)ccc3n1)CC2)S(N)=O. The highest BCUT2D eigenvalue weighted by atomic mass is 32.2. The molecule has 3 N–H and O–H groups in total. The van der Waals surface area contributed by atoms with E-state index in [2.05, 4.69) is 39.1 Å². The largest absolute Gasteiger partial charge is 0.355 e. The van der Waals surface area contributed by atoms with Crippen molar-refractivity contribution < 1.29 is 4.21 Å². The first-order chi connectivity index (χ1) is 15.3. The Bertz CT molecular complexity index is 1250. The van der Waals surface area contributed by atoms with Crippen molar-refractivity contribution in [2.45, 2.75) is 50.2 Å². The number of hydrogen-bond acceptors (Lipinski definition) is 5. The molecule has 0 saturated carbocycles. The van der Waals surface area contributed by atoms with Gasteiger partial charge in [0.1, 0.15) is 16.0 Å². The van der Waals surface area contributed by atoms with E-state index in [0.717, 1.165) is 55.8 Å². The molecule has 3 aromatic rings. The fourth-order valence-electron chi connectivity index (χ4n) is 5.55. The summed E-state index contributed by atoms with van der Waals surface area (Å²) in [7, 11) is -1.36. The van der Waals surface area contributed by atoms with E-state index >= 15 is 0 Å². The second-order valence-corrected chi connectivity index (χ2v) is 12.0. The second-order valence-electron chi connectivity index (χ2n) is 9.82. The van der Waals surface area contributed by atoms with Gasteiger partial charge in [0.15, 0.2) is 5.65 Å². The van der Waals surface area contributed by atoms with Crippen LogP contribution in [-0.2, 0) is 17.4 Å². The summed E-state index contributed by atoms with van der Waals surface area (Å²) in [6, 6.07) is 12.6. The topological polar surface area (TPSA) is 87.9 Å². The predicted octanol–water partition coefficient (Wildman–Crippen LogP) is 4.40. The van der Waals surface area contributed by atoms with Crippen LogP contribution >= 0.6 is 12.2 Å². The molecular weight excluding hydrogens is 438 g/mol. The van der Waals surface area contributed by atoms with Gasteiger partial charge < -0.3 is 9.88 Å². The Morgan fingerprint density at radius 3 is 2.75 bits per heavy atom. The minimum Gasteiger partial charge on any atom is -0.355 e. The van der Waals surface area contributed by atoms with Gasteiger partial charge in [0.05, 0.1) is 21.9 Å². The molecule has 2 aliphatic rings. The number of anilines is 1. The number of benzene rings is 1. The maximum Gasteiger partial charge on any atom is 0.157 e. The van der Waals surface area contributed by atoms with Crippen LogP contribution < -0.4 is 10.0 Å². The summed E-state index contributed by atoms with van der Waals surface area (Å²) in [6.45, 7) is 5.92. The quantitative estimate of drug-likeness (QED) is 0.555. The highest BCUT2D eigenvalue weighted by molar-refractivity contribution is 7.84. The lowest BCUT2D eigenvalue weighted by Crippen LogP contribution is -2.45. The molecule has 1 unspecified atom stereocenters. The predicted molar refractivity (Wildman–Crippen MR) is 133 cm³/mol. The summed E-state index contributed by atoms with van der Waals surface area (Å²) in [5, 5.41) is 5.88. The molecular formula is C24H29N5OS2. The van der Waals surface area contributed by atoms with Gasteiger partial charge in [-0.15, -0.1) is 0 Å². The zero-order valence-electron chi connectivity index (χ0n) is 18.5. The lowest BCUT2D eigenvalue weighted by atomic mass is 9.67. The Balaban J connectivity index is 1.41. The van der Waals surface area contributed by atoms with Crippen molar-refractivity contribution in [1.29, 1.82) is 0 Å². The molecule has 5 rings (SSSR count). The average Bonchev–Trinajstić information content (AvgIpc) is 3.06. The molecule has 6 nitrogen and oxygen atoms in total. The van der Waals surface area contributed by atoms with Gasteiger partial charge in [-0.3, -0.25) is 5.14 Å². The summed E-state index contributed by atoms with van der Waals surface area (Å²) >= 11 is 5.19. The van der Waals surface area contributed by atoms with Crippen molar-refractivity contribution in [3.8, 4) is 0 Å². The molecule has 1 aromatic carbocycles. The standard InChI is InChI=1S/C24H29N5OS2/c1-23(2,32(25)30)14-18-17-6-4-3-5-16(17)13-24(18)9-11-29(12-10-24)20-15-26-22-19(27-20)7-8-21(31)28-22/h3-8,15,18H,9-14,25H2,1-2H3,(H,26,28,31)/t18-,32?/m1/s1. The van der Waals surface area contributed by atoms with Crippen LogP contribution in [0.2, 0.25) is 0 Å². The van der Waals surface area contributed by atoms with Gasteiger partial charge in [-0.05, 0) is 74.1 Å². The normalized spacial score (nSPS) is 21.1. The van der Waals surface area contributed by atoms with Crippen molar-refractivity contribution in [2.75, 3.05) is 18.0 Å². The monoisotopic (exact) mass is 467 g/mol. The number of H-pyrrole nitrogens is 1. The molecule has 0 bridgehead atoms. The van der Waals surface area contributed by atoms with Crippen LogP contribution in [-0.4, -0.2) is 37.0 Å². The zero-order valence-corrected chi connectivity index (χ0v) is 20.1. The van der Waals surface area contributed by atoms with E-state index < -0.39 is 15.7 Å². The third-order valence-corrected chi connectivity index (χ3v) is 8.95. The average molecular weight is 468 g/mol. The second kappa shape index (κ2) is 8.01. The number of fused-ring (bicyclic) bond motifs is 2. The van der Waals surface area contributed by atoms with Crippen LogP contribution in [0.25, 0.3) is 11.2 Å². The van der Waals surface area contributed by atoms with Crippen molar-refractivity contribution in [2.24, 2.45) is 10.6 Å². The number of aromatic nitrogens is 3. The number of piperidine rings is 1. The van der Waals surface area contributed by atoms with E-state index in [0.29, 0.717) is 10.6 Å². The third-order valence-electron chi connectivity index (χ3n) is 7.46. The van der Waals surface area contributed by atoms with E-state index in [-0.39, 0.29) is 5.41 Å². The van der Waals surface area contributed by atoms with E-state index in [1.54, 1.807) is 0 Å². The maximum atomic E-state index is 12.3. The van der Waals surface area contributed by atoms with Gasteiger partial charge in [-0.25, -0.2) is 14.2 Å². The number of nitrogens with one attached hydrogen (secondary N) is 1. The van der Waals surface area contributed by atoms with Crippen LogP contribution in [0.3, 0.4) is 0 Å². The number of aromatic amines is 1. The molecule has 1 saturated heterocycles. The molecule has 1 aliphatic heterocycles. The Hall–Kier alpha value is -2.16. The molecule has 3 heterocycles. The van der Waals surface area contributed by atoms with Crippen LogP contribution in [0.4, 0.5) is 5.82 Å². The highest BCUT2D eigenvalue weighted by Crippen LogP contribution is 2.56. The lowest BCUT2D eigenvalue weighted by Gasteiger charge is -2.45. The van der Waals surface area contributed by atoms with Crippen LogP contribution in [0.5, 0.6) is 0 Å². The molecule has 1 fully saturated rings. The number of rotatable bonds is 4. The number of hydrogen-bond donors (Lipinski definition) is 2. The fourth-order valence-corrected chi connectivity index (χ4v) is 6.04. The minimum atomic E-state index is -1.36.